The molecule has 138 valence electrons. The molecule has 0 bridgehead atoms. The molecule has 0 saturated carbocycles. The molecule has 5 heteroatoms. The number of rotatable bonds is 1. The van der Waals surface area contributed by atoms with Crippen LogP contribution in [0.3, 0.4) is 0 Å². The number of benzene rings is 2. The monoisotopic (exact) mass is 379 g/mol. The minimum absolute atomic E-state index is 0.251. The number of nitrogens with zero attached hydrogens (tertiary/aromatic N) is 2. The highest BCUT2D eigenvalue weighted by atomic mass is 35.5. The molecule has 1 unspecified atom stereocenters. The van der Waals surface area contributed by atoms with Gasteiger partial charge < -0.3 is 5.32 Å². The van der Waals surface area contributed by atoms with Gasteiger partial charge in [-0.05, 0) is 68.5 Å². The van der Waals surface area contributed by atoms with E-state index < -0.39 is 0 Å². The maximum Gasteiger partial charge on any atom is 0.282 e. The molecule has 1 aromatic heterocycles. The lowest BCUT2D eigenvalue weighted by atomic mass is 9.82. The first-order valence-corrected chi connectivity index (χ1v) is 9.93. The van der Waals surface area contributed by atoms with E-state index in [9.17, 15) is 4.79 Å². The summed E-state index contributed by atoms with van der Waals surface area (Å²) in [6, 6.07) is 12.3. The third-order valence-electron chi connectivity index (χ3n) is 6.13. The molecule has 0 aliphatic carbocycles. The smallest absolute Gasteiger partial charge is 0.282 e. The number of hydrogen-bond donors (Lipinski definition) is 1. The average Bonchev–Trinajstić information content (AvgIpc) is 2.90. The van der Waals surface area contributed by atoms with Crippen LogP contribution in [0, 0.1) is 0 Å². The maximum absolute atomic E-state index is 12.7. The number of halogens is 1. The van der Waals surface area contributed by atoms with Crippen LogP contribution < -0.4 is 10.9 Å². The lowest BCUT2D eigenvalue weighted by Crippen LogP contribution is -2.28. The highest BCUT2D eigenvalue weighted by molar-refractivity contribution is 6.35. The molecule has 0 radical (unpaired) electrons. The Labute approximate surface area is 163 Å². The van der Waals surface area contributed by atoms with E-state index in [0.29, 0.717) is 16.3 Å². The van der Waals surface area contributed by atoms with Crippen molar-refractivity contribution in [3.63, 3.8) is 0 Å². The van der Waals surface area contributed by atoms with E-state index in [0.717, 1.165) is 30.1 Å². The van der Waals surface area contributed by atoms with Crippen molar-refractivity contribution < 1.29 is 0 Å². The van der Waals surface area contributed by atoms with Crippen molar-refractivity contribution in [2.75, 3.05) is 13.1 Å². The first-order chi connectivity index (χ1) is 13.0. The number of aromatic nitrogens is 2. The minimum Gasteiger partial charge on any atom is -0.316 e. The highest BCUT2D eigenvalue weighted by Gasteiger charge is 2.39. The third kappa shape index (κ3) is 2.40. The highest BCUT2D eigenvalue weighted by Crippen LogP contribution is 2.44. The first kappa shape index (κ1) is 17.0. The number of nitrogens with one attached hydrogen (secondary N) is 1. The summed E-state index contributed by atoms with van der Waals surface area (Å²) < 4.78 is 2.11. The number of piperidine rings is 1. The molecular formula is C22H22ClN3O. The van der Waals surface area contributed by atoms with Gasteiger partial charge in [0, 0.05) is 6.54 Å². The van der Waals surface area contributed by atoms with Crippen molar-refractivity contribution in [1.82, 2.24) is 14.9 Å². The molecule has 27 heavy (non-hydrogen) atoms. The van der Waals surface area contributed by atoms with E-state index in [2.05, 4.69) is 46.9 Å². The van der Waals surface area contributed by atoms with Gasteiger partial charge in [-0.1, -0.05) is 29.8 Å². The lowest BCUT2D eigenvalue weighted by Gasteiger charge is -2.25. The Morgan fingerprint density at radius 3 is 2.89 bits per heavy atom. The van der Waals surface area contributed by atoms with Gasteiger partial charge in [-0.2, -0.15) is 4.98 Å². The molecule has 2 aromatic carbocycles. The first-order valence-electron chi connectivity index (χ1n) is 9.56. The Hall–Kier alpha value is -2.17. The Morgan fingerprint density at radius 2 is 2.11 bits per heavy atom. The number of fused-ring (bicyclic) bond motifs is 5. The van der Waals surface area contributed by atoms with E-state index in [1.165, 1.54) is 24.0 Å². The van der Waals surface area contributed by atoms with Crippen LogP contribution >= 0.6 is 11.6 Å². The summed E-state index contributed by atoms with van der Waals surface area (Å²) in [7, 11) is 0. The predicted molar refractivity (Wildman–Crippen MR) is 109 cm³/mol. The van der Waals surface area contributed by atoms with Crippen LogP contribution in [0.1, 0.15) is 49.6 Å². The molecule has 2 aliphatic heterocycles. The third-order valence-corrected chi connectivity index (χ3v) is 6.44. The molecule has 3 aromatic rings. The van der Waals surface area contributed by atoms with E-state index in [4.69, 9.17) is 11.6 Å². The second-order valence-electron chi connectivity index (χ2n) is 8.15. The van der Waals surface area contributed by atoms with Crippen LogP contribution in [0.2, 0.25) is 5.02 Å². The zero-order chi connectivity index (χ0) is 18.8. The van der Waals surface area contributed by atoms with Crippen LogP contribution in [0.15, 0.2) is 41.2 Å². The van der Waals surface area contributed by atoms with E-state index >= 15 is 0 Å². The van der Waals surface area contributed by atoms with Crippen molar-refractivity contribution in [3.05, 3.63) is 68.7 Å². The molecule has 1 fully saturated rings. The molecule has 0 spiro atoms. The summed E-state index contributed by atoms with van der Waals surface area (Å²) >= 11 is 6.33. The van der Waals surface area contributed by atoms with Crippen LogP contribution in [0.25, 0.3) is 16.6 Å². The summed E-state index contributed by atoms with van der Waals surface area (Å²) in [5.41, 5.74) is 3.94. The molecule has 0 amide bonds. The van der Waals surface area contributed by atoms with Crippen molar-refractivity contribution in [1.29, 1.82) is 0 Å². The van der Waals surface area contributed by atoms with Gasteiger partial charge in [-0.25, -0.2) is 0 Å². The van der Waals surface area contributed by atoms with Crippen molar-refractivity contribution in [2.45, 2.75) is 38.0 Å². The Morgan fingerprint density at radius 1 is 1.26 bits per heavy atom. The molecule has 4 nitrogen and oxygen atoms in total. The van der Waals surface area contributed by atoms with Crippen LogP contribution in [0.5, 0.6) is 0 Å². The summed E-state index contributed by atoms with van der Waals surface area (Å²) in [5.74, 6) is 1.33. The van der Waals surface area contributed by atoms with E-state index in [1.54, 1.807) is 6.07 Å². The second kappa shape index (κ2) is 5.91. The topological polar surface area (TPSA) is 46.9 Å². The normalized spacial score (nSPS) is 20.5. The van der Waals surface area contributed by atoms with Gasteiger partial charge in [0.05, 0.1) is 27.0 Å². The Bertz CT molecular complexity index is 1130. The zero-order valence-corrected chi connectivity index (χ0v) is 16.3. The maximum atomic E-state index is 12.7. The van der Waals surface area contributed by atoms with Gasteiger partial charge in [0.15, 0.2) is 0 Å². The molecule has 3 heterocycles. The zero-order valence-electron chi connectivity index (χ0n) is 15.6. The fraction of sp³-hybridized carbons (Fsp3) is 0.364. The summed E-state index contributed by atoms with van der Waals surface area (Å²) in [6.45, 7) is 6.44. The summed E-state index contributed by atoms with van der Waals surface area (Å²) in [4.78, 5) is 17.2. The molecule has 1 atom stereocenters. The lowest BCUT2D eigenvalue weighted by molar-refractivity contribution is 0.461. The van der Waals surface area contributed by atoms with Gasteiger partial charge >= 0.3 is 0 Å². The van der Waals surface area contributed by atoms with Gasteiger partial charge in [-0.15, -0.1) is 0 Å². The average molecular weight is 380 g/mol. The SMILES string of the molecule is CC1(C)c2cc(C3CCCNC3)ccc2-n2c1nc(=O)c1c(Cl)cccc12. The Balaban J connectivity index is 1.77. The molecule has 1 saturated heterocycles. The van der Waals surface area contributed by atoms with Crippen LogP contribution in [-0.4, -0.2) is 22.6 Å². The minimum atomic E-state index is -0.330. The van der Waals surface area contributed by atoms with E-state index in [-0.39, 0.29) is 11.0 Å². The molecule has 5 rings (SSSR count). The molecular weight excluding hydrogens is 358 g/mol. The van der Waals surface area contributed by atoms with Gasteiger partial charge in [0.2, 0.25) is 0 Å². The second-order valence-corrected chi connectivity index (χ2v) is 8.56. The Kier molecular flexibility index (Phi) is 3.72. The van der Waals surface area contributed by atoms with Gasteiger partial charge in [0.1, 0.15) is 5.82 Å². The quantitative estimate of drug-likeness (QED) is 0.691. The standard InChI is InChI=1S/C22H22ClN3O/c1-22(2)15-11-13(14-5-4-10-24-12-14)8-9-17(15)26-18-7-3-6-16(23)19(18)20(27)25-21(22)26/h3,6-9,11,14,24H,4-5,10,12H2,1-2H3. The van der Waals surface area contributed by atoms with Gasteiger partial charge in [0.25, 0.3) is 5.56 Å². The summed E-state index contributed by atoms with van der Waals surface area (Å²) in [5, 5.41) is 4.45. The van der Waals surface area contributed by atoms with Crippen LogP contribution in [-0.2, 0) is 5.41 Å². The predicted octanol–water partition coefficient (Wildman–Crippen LogP) is 4.15. The summed E-state index contributed by atoms with van der Waals surface area (Å²) in [6.07, 6.45) is 2.43. The largest absolute Gasteiger partial charge is 0.316 e. The van der Waals surface area contributed by atoms with Gasteiger partial charge in [-0.3, -0.25) is 9.36 Å². The van der Waals surface area contributed by atoms with Crippen molar-refractivity contribution in [3.8, 4) is 5.69 Å². The van der Waals surface area contributed by atoms with Crippen LogP contribution in [0.4, 0.5) is 0 Å². The fourth-order valence-electron chi connectivity index (χ4n) is 4.65. The molecule has 1 N–H and O–H groups in total. The number of hydrogen-bond acceptors (Lipinski definition) is 3. The molecule has 2 aliphatic rings. The fourth-order valence-corrected chi connectivity index (χ4v) is 4.90. The van der Waals surface area contributed by atoms with Crippen molar-refractivity contribution in [2.24, 2.45) is 0 Å². The van der Waals surface area contributed by atoms with E-state index in [1.807, 2.05) is 12.1 Å². The van der Waals surface area contributed by atoms with Crippen molar-refractivity contribution >= 4 is 22.5 Å².